The van der Waals surface area contributed by atoms with Crippen LogP contribution in [0, 0.1) is 0 Å². The van der Waals surface area contributed by atoms with E-state index in [9.17, 15) is 13.2 Å². The molecule has 110 valence electrons. The van der Waals surface area contributed by atoms with Crippen LogP contribution in [0.25, 0.3) is 0 Å². The number of nitrogens with zero attached hydrogens (tertiary/aromatic N) is 3. The van der Waals surface area contributed by atoms with Crippen LogP contribution in [0.5, 0.6) is 0 Å². The fraction of sp³-hybridized carbons (Fsp3) is 0.692. The molecule has 0 saturated carbocycles. The zero-order chi connectivity index (χ0) is 14.2. The number of hydrogen-bond donors (Lipinski definition) is 1. The lowest BCUT2D eigenvalue weighted by molar-refractivity contribution is -0.134. The van der Waals surface area contributed by atoms with Gasteiger partial charge in [0.15, 0.2) is 0 Å². The van der Waals surface area contributed by atoms with E-state index in [1.807, 2.05) is 0 Å². The number of alkyl halides is 3. The Morgan fingerprint density at radius 3 is 2.60 bits per heavy atom. The SMILES string of the molecule is FC(F)(F)CCc1ccnc(N2C[C@H]3CC[C@@H](C2)N3)n1. The topological polar surface area (TPSA) is 41.1 Å². The Hall–Kier alpha value is -1.37. The molecule has 0 aliphatic carbocycles. The van der Waals surface area contributed by atoms with Gasteiger partial charge in [0, 0.05) is 43.5 Å². The molecule has 0 spiro atoms. The molecular weight excluding hydrogens is 269 g/mol. The first-order chi connectivity index (χ1) is 9.49. The van der Waals surface area contributed by atoms with Crippen molar-refractivity contribution in [2.45, 2.75) is 43.9 Å². The molecule has 2 fully saturated rings. The molecular formula is C13H17F3N4. The van der Waals surface area contributed by atoms with E-state index in [1.165, 1.54) is 0 Å². The molecule has 2 aliphatic rings. The second kappa shape index (κ2) is 5.20. The molecule has 1 N–H and O–H groups in total. The Labute approximate surface area is 115 Å². The largest absolute Gasteiger partial charge is 0.389 e. The molecule has 2 bridgehead atoms. The monoisotopic (exact) mass is 286 g/mol. The van der Waals surface area contributed by atoms with Gasteiger partial charge < -0.3 is 10.2 Å². The first-order valence-corrected chi connectivity index (χ1v) is 6.89. The summed E-state index contributed by atoms with van der Waals surface area (Å²) in [5, 5.41) is 3.50. The van der Waals surface area contributed by atoms with Gasteiger partial charge in [-0.05, 0) is 25.3 Å². The quantitative estimate of drug-likeness (QED) is 0.921. The number of aromatic nitrogens is 2. The van der Waals surface area contributed by atoms with Crippen LogP contribution in [0.1, 0.15) is 25.0 Å². The van der Waals surface area contributed by atoms with Crippen molar-refractivity contribution in [1.82, 2.24) is 15.3 Å². The normalized spacial score (nSPS) is 26.1. The number of rotatable bonds is 3. The molecule has 2 aliphatic heterocycles. The minimum Gasteiger partial charge on any atom is -0.338 e. The third kappa shape index (κ3) is 3.20. The Morgan fingerprint density at radius 1 is 1.25 bits per heavy atom. The van der Waals surface area contributed by atoms with Gasteiger partial charge in [-0.25, -0.2) is 9.97 Å². The highest BCUT2D eigenvalue weighted by Gasteiger charge is 2.33. The highest BCUT2D eigenvalue weighted by molar-refractivity contribution is 5.33. The van der Waals surface area contributed by atoms with Crippen LogP contribution in [0.15, 0.2) is 12.3 Å². The maximum Gasteiger partial charge on any atom is 0.389 e. The molecule has 0 radical (unpaired) electrons. The highest BCUT2D eigenvalue weighted by atomic mass is 19.4. The zero-order valence-corrected chi connectivity index (χ0v) is 11.0. The van der Waals surface area contributed by atoms with Crippen LogP contribution < -0.4 is 10.2 Å². The summed E-state index contributed by atoms with van der Waals surface area (Å²) in [5.74, 6) is 0.558. The maximum absolute atomic E-state index is 12.2. The van der Waals surface area contributed by atoms with Gasteiger partial charge in [0.1, 0.15) is 0 Å². The number of halogens is 3. The lowest BCUT2D eigenvalue weighted by Crippen LogP contribution is -2.51. The van der Waals surface area contributed by atoms with Crippen molar-refractivity contribution in [3.05, 3.63) is 18.0 Å². The van der Waals surface area contributed by atoms with Gasteiger partial charge in [-0.15, -0.1) is 0 Å². The Kier molecular flexibility index (Phi) is 3.54. The van der Waals surface area contributed by atoms with Gasteiger partial charge in [0.05, 0.1) is 0 Å². The number of aryl methyl sites for hydroxylation is 1. The average Bonchev–Trinajstić information content (AvgIpc) is 2.75. The van der Waals surface area contributed by atoms with Crippen molar-refractivity contribution in [1.29, 1.82) is 0 Å². The molecule has 3 rings (SSSR count). The van der Waals surface area contributed by atoms with E-state index in [-0.39, 0.29) is 6.42 Å². The Balaban J connectivity index is 1.68. The molecule has 0 aromatic carbocycles. The average molecular weight is 286 g/mol. The highest BCUT2D eigenvalue weighted by Crippen LogP contribution is 2.24. The minimum atomic E-state index is -4.14. The number of piperazine rings is 1. The van der Waals surface area contributed by atoms with Crippen molar-refractivity contribution in [2.75, 3.05) is 18.0 Å². The van der Waals surface area contributed by atoms with Crippen molar-refractivity contribution in [3.63, 3.8) is 0 Å². The summed E-state index contributed by atoms with van der Waals surface area (Å²) in [6.45, 7) is 1.67. The van der Waals surface area contributed by atoms with Crippen LogP contribution in [-0.4, -0.2) is 41.3 Å². The van der Waals surface area contributed by atoms with Gasteiger partial charge >= 0.3 is 6.18 Å². The van der Waals surface area contributed by atoms with E-state index in [4.69, 9.17) is 0 Å². The first-order valence-electron chi connectivity index (χ1n) is 6.89. The fourth-order valence-corrected chi connectivity index (χ4v) is 2.91. The Bertz CT molecular complexity index is 465. The molecule has 2 saturated heterocycles. The number of nitrogens with one attached hydrogen (secondary N) is 1. The number of hydrogen-bond acceptors (Lipinski definition) is 4. The van der Waals surface area contributed by atoms with Gasteiger partial charge in [-0.3, -0.25) is 0 Å². The van der Waals surface area contributed by atoms with Crippen molar-refractivity contribution in [2.24, 2.45) is 0 Å². The van der Waals surface area contributed by atoms with Crippen LogP contribution in [0.2, 0.25) is 0 Å². The van der Waals surface area contributed by atoms with Crippen LogP contribution >= 0.6 is 0 Å². The van der Waals surface area contributed by atoms with Crippen LogP contribution in [-0.2, 0) is 6.42 Å². The molecule has 7 heteroatoms. The number of fused-ring (bicyclic) bond motifs is 2. The van der Waals surface area contributed by atoms with E-state index < -0.39 is 12.6 Å². The summed E-state index contributed by atoms with van der Waals surface area (Å²) in [5.41, 5.74) is 0.457. The second-order valence-corrected chi connectivity index (χ2v) is 5.51. The van der Waals surface area contributed by atoms with Gasteiger partial charge in [0.25, 0.3) is 0 Å². The second-order valence-electron chi connectivity index (χ2n) is 5.51. The number of anilines is 1. The van der Waals surface area contributed by atoms with E-state index in [2.05, 4.69) is 20.2 Å². The molecule has 0 unspecified atom stereocenters. The maximum atomic E-state index is 12.2. The molecule has 2 atom stereocenters. The van der Waals surface area contributed by atoms with Crippen molar-refractivity contribution in [3.8, 4) is 0 Å². The smallest absolute Gasteiger partial charge is 0.338 e. The summed E-state index contributed by atoms with van der Waals surface area (Å²) in [7, 11) is 0. The van der Waals surface area contributed by atoms with Gasteiger partial charge in [-0.1, -0.05) is 0 Å². The fourth-order valence-electron chi connectivity index (χ4n) is 2.91. The molecule has 1 aromatic heterocycles. The molecule has 20 heavy (non-hydrogen) atoms. The lowest BCUT2D eigenvalue weighted by atomic mass is 10.2. The van der Waals surface area contributed by atoms with E-state index in [1.54, 1.807) is 12.3 Å². The third-order valence-corrected chi connectivity index (χ3v) is 3.86. The zero-order valence-electron chi connectivity index (χ0n) is 11.0. The molecule has 3 heterocycles. The Morgan fingerprint density at radius 2 is 1.95 bits per heavy atom. The van der Waals surface area contributed by atoms with Gasteiger partial charge in [-0.2, -0.15) is 13.2 Å². The van der Waals surface area contributed by atoms with Gasteiger partial charge in [0.2, 0.25) is 5.95 Å². The third-order valence-electron chi connectivity index (χ3n) is 3.86. The van der Waals surface area contributed by atoms with Crippen LogP contribution in [0.3, 0.4) is 0 Å². The summed E-state index contributed by atoms with van der Waals surface area (Å²) < 4.78 is 36.7. The minimum absolute atomic E-state index is 0.0854. The standard InChI is InChI=1S/C13H17F3N4/c14-13(15,16)5-3-9-4-6-17-12(19-9)20-7-10-1-2-11(8-20)18-10/h4,6,10-11,18H,1-3,5,7-8H2/t10-,11+. The molecule has 4 nitrogen and oxygen atoms in total. The predicted octanol–water partition coefficient (Wildman–Crippen LogP) is 1.91. The summed E-state index contributed by atoms with van der Waals surface area (Å²) in [4.78, 5) is 10.6. The van der Waals surface area contributed by atoms with E-state index in [0.717, 1.165) is 25.9 Å². The van der Waals surface area contributed by atoms with Crippen LogP contribution in [0.4, 0.5) is 19.1 Å². The summed E-state index contributed by atoms with van der Waals surface area (Å²) in [6, 6.07) is 2.47. The summed E-state index contributed by atoms with van der Waals surface area (Å²) in [6.07, 6.45) is -1.21. The van der Waals surface area contributed by atoms with E-state index in [0.29, 0.717) is 23.7 Å². The predicted molar refractivity (Wildman–Crippen MR) is 68.6 cm³/mol. The van der Waals surface area contributed by atoms with Crippen molar-refractivity contribution >= 4 is 5.95 Å². The molecule has 1 aromatic rings. The lowest BCUT2D eigenvalue weighted by Gasteiger charge is -2.32. The van der Waals surface area contributed by atoms with E-state index >= 15 is 0 Å². The first kappa shape index (κ1) is 13.6. The summed E-state index contributed by atoms with van der Waals surface area (Å²) >= 11 is 0. The molecule has 0 amide bonds. The van der Waals surface area contributed by atoms with Crippen molar-refractivity contribution < 1.29 is 13.2 Å².